The Labute approximate surface area is 109 Å². The number of hydrogen-bond donors (Lipinski definition) is 2. The molecule has 0 spiro atoms. The van der Waals surface area contributed by atoms with Crippen LogP contribution in [0.15, 0.2) is 47.7 Å². The van der Waals surface area contributed by atoms with E-state index in [9.17, 15) is 4.79 Å². The lowest BCUT2D eigenvalue weighted by Gasteiger charge is -2.03. The maximum absolute atomic E-state index is 11.8. The summed E-state index contributed by atoms with van der Waals surface area (Å²) in [6.45, 7) is 0.100. The van der Waals surface area contributed by atoms with E-state index in [1.54, 1.807) is 17.1 Å². The first-order valence-electron chi connectivity index (χ1n) is 6.04. The van der Waals surface area contributed by atoms with Crippen molar-refractivity contribution in [1.29, 1.82) is 0 Å². The topological polar surface area (TPSA) is 70.9 Å². The van der Waals surface area contributed by atoms with Crippen molar-refractivity contribution in [3.63, 3.8) is 0 Å². The Hall–Kier alpha value is -2.40. The molecule has 0 atom stereocenters. The van der Waals surface area contributed by atoms with Gasteiger partial charge < -0.3 is 10.1 Å². The summed E-state index contributed by atoms with van der Waals surface area (Å²) < 4.78 is 1.71. The van der Waals surface area contributed by atoms with Crippen LogP contribution in [0.3, 0.4) is 0 Å². The Morgan fingerprint density at radius 2 is 2.21 bits per heavy atom. The van der Waals surface area contributed by atoms with Gasteiger partial charge in [0.25, 0.3) is 5.56 Å². The van der Waals surface area contributed by atoms with Gasteiger partial charge in [-0.25, -0.2) is 4.68 Å². The Morgan fingerprint density at radius 3 is 3.05 bits per heavy atom. The molecule has 2 aromatic heterocycles. The minimum absolute atomic E-state index is 0.100. The van der Waals surface area contributed by atoms with Crippen molar-refractivity contribution in [1.82, 2.24) is 14.8 Å². The monoisotopic (exact) mass is 255 g/mol. The number of aromatic amines is 1. The lowest BCUT2D eigenvalue weighted by atomic mass is 10.1. The molecule has 0 fully saturated rings. The van der Waals surface area contributed by atoms with Crippen LogP contribution < -0.4 is 5.56 Å². The van der Waals surface area contributed by atoms with Gasteiger partial charge in [0.15, 0.2) is 0 Å². The van der Waals surface area contributed by atoms with E-state index in [0.717, 1.165) is 16.6 Å². The van der Waals surface area contributed by atoms with Crippen LogP contribution in [0.1, 0.15) is 5.56 Å². The van der Waals surface area contributed by atoms with E-state index in [4.69, 9.17) is 5.11 Å². The maximum atomic E-state index is 11.8. The average molecular weight is 255 g/mol. The van der Waals surface area contributed by atoms with Crippen LogP contribution in [0, 0.1) is 0 Å². The molecule has 0 bridgehead atoms. The molecule has 19 heavy (non-hydrogen) atoms. The van der Waals surface area contributed by atoms with Crippen molar-refractivity contribution in [3.8, 4) is 5.69 Å². The number of pyridine rings is 1. The van der Waals surface area contributed by atoms with E-state index in [-0.39, 0.29) is 12.2 Å². The highest BCUT2D eigenvalue weighted by Crippen LogP contribution is 2.15. The van der Waals surface area contributed by atoms with Gasteiger partial charge in [-0.1, -0.05) is 6.07 Å². The van der Waals surface area contributed by atoms with Crippen molar-refractivity contribution in [2.24, 2.45) is 0 Å². The van der Waals surface area contributed by atoms with Gasteiger partial charge in [-0.15, -0.1) is 0 Å². The molecule has 5 heteroatoms. The molecule has 3 rings (SSSR count). The largest absolute Gasteiger partial charge is 0.396 e. The molecule has 0 saturated carbocycles. The van der Waals surface area contributed by atoms with Crippen LogP contribution in [-0.4, -0.2) is 26.5 Å². The number of fused-ring (bicyclic) bond motifs is 1. The first kappa shape index (κ1) is 11.7. The molecule has 0 unspecified atom stereocenters. The fourth-order valence-electron chi connectivity index (χ4n) is 2.07. The molecule has 1 aromatic carbocycles. The number of aliphatic hydroxyl groups is 1. The summed E-state index contributed by atoms with van der Waals surface area (Å²) in [6, 6.07) is 7.48. The summed E-state index contributed by atoms with van der Waals surface area (Å²) >= 11 is 0. The van der Waals surface area contributed by atoms with E-state index >= 15 is 0 Å². The second kappa shape index (κ2) is 4.70. The highest BCUT2D eigenvalue weighted by atomic mass is 16.3. The highest BCUT2D eigenvalue weighted by molar-refractivity contribution is 5.83. The summed E-state index contributed by atoms with van der Waals surface area (Å²) in [6.07, 6.45) is 5.79. The molecule has 0 aliphatic carbocycles. The van der Waals surface area contributed by atoms with Gasteiger partial charge in [-0.05, 0) is 35.6 Å². The van der Waals surface area contributed by atoms with E-state index in [1.807, 2.05) is 30.5 Å². The number of aromatic nitrogens is 3. The van der Waals surface area contributed by atoms with Gasteiger partial charge in [0.1, 0.15) is 0 Å². The van der Waals surface area contributed by atoms with Crippen LogP contribution in [0.5, 0.6) is 0 Å². The van der Waals surface area contributed by atoms with Crippen molar-refractivity contribution in [3.05, 3.63) is 58.8 Å². The van der Waals surface area contributed by atoms with Crippen LogP contribution in [-0.2, 0) is 6.42 Å². The number of benzene rings is 1. The van der Waals surface area contributed by atoms with Gasteiger partial charge in [-0.2, -0.15) is 5.10 Å². The van der Waals surface area contributed by atoms with Crippen molar-refractivity contribution < 1.29 is 5.11 Å². The average Bonchev–Trinajstić information content (AvgIpc) is 2.88. The Bertz CT molecular complexity index is 773. The molecule has 0 radical (unpaired) electrons. The minimum atomic E-state index is -0.109. The van der Waals surface area contributed by atoms with Crippen LogP contribution in [0.2, 0.25) is 0 Å². The summed E-state index contributed by atoms with van der Waals surface area (Å²) in [5.41, 5.74) is 1.68. The number of nitrogens with one attached hydrogen (secondary N) is 1. The fourth-order valence-corrected chi connectivity index (χ4v) is 2.07. The zero-order valence-corrected chi connectivity index (χ0v) is 10.2. The van der Waals surface area contributed by atoms with Crippen LogP contribution in [0.4, 0.5) is 0 Å². The molecule has 5 nitrogen and oxygen atoms in total. The zero-order chi connectivity index (χ0) is 13.2. The predicted molar refractivity (Wildman–Crippen MR) is 72.5 cm³/mol. The number of H-pyrrole nitrogens is 1. The first-order chi connectivity index (χ1) is 9.28. The Balaban J connectivity index is 2.09. The molecule has 0 amide bonds. The number of hydrogen-bond acceptors (Lipinski definition) is 3. The molecular weight excluding hydrogens is 242 g/mol. The summed E-state index contributed by atoms with van der Waals surface area (Å²) in [5, 5.41) is 14.7. The van der Waals surface area contributed by atoms with Gasteiger partial charge in [0.2, 0.25) is 0 Å². The van der Waals surface area contributed by atoms with Gasteiger partial charge in [0.05, 0.1) is 11.9 Å². The lowest BCUT2D eigenvalue weighted by Crippen LogP contribution is -2.05. The molecular formula is C14H13N3O2. The van der Waals surface area contributed by atoms with Gasteiger partial charge >= 0.3 is 0 Å². The van der Waals surface area contributed by atoms with Crippen molar-refractivity contribution in [2.75, 3.05) is 6.61 Å². The van der Waals surface area contributed by atoms with Gasteiger partial charge in [-0.3, -0.25) is 4.79 Å². The standard InChI is InChI=1S/C14H13N3O2/c18-6-4-10-8-16-17(9-10)12-2-1-11-3-5-15-14(19)13(11)7-12/h1-3,5,7-9,18H,4,6H2,(H,15,19). The fraction of sp³-hybridized carbons (Fsp3) is 0.143. The number of aliphatic hydroxyl groups excluding tert-OH is 1. The van der Waals surface area contributed by atoms with Crippen LogP contribution in [0.25, 0.3) is 16.5 Å². The lowest BCUT2D eigenvalue weighted by molar-refractivity contribution is 0.299. The molecule has 0 saturated heterocycles. The minimum Gasteiger partial charge on any atom is -0.396 e. The third kappa shape index (κ3) is 2.15. The number of rotatable bonds is 3. The van der Waals surface area contributed by atoms with E-state index in [0.29, 0.717) is 11.8 Å². The van der Waals surface area contributed by atoms with E-state index < -0.39 is 0 Å². The number of nitrogens with zero attached hydrogens (tertiary/aromatic N) is 2. The quantitative estimate of drug-likeness (QED) is 0.740. The predicted octanol–water partition coefficient (Wildman–Crippen LogP) is 1.25. The molecule has 3 aromatic rings. The van der Waals surface area contributed by atoms with E-state index in [1.165, 1.54) is 0 Å². The maximum Gasteiger partial charge on any atom is 0.255 e. The molecule has 0 aliphatic rings. The van der Waals surface area contributed by atoms with Crippen molar-refractivity contribution in [2.45, 2.75) is 6.42 Å². The van der Waals surface area contributed by atoms with Crippen molar-refractivity contribution >= 4 is 10.8 Å². The van der Waals surface area contributed by atoms with Crippen LogP contribution >= 0.6 is 0 Å². The first-order valence-corrected chi connectivity index (χ1v) is 6.04. The third-order valence-electron chi connectivity index (χ3n) is 3.06. The third-order valence-corrected chi connectivity index (χ3v) is 3.06. The smallest absolute Gasteiger partial charge is 0.255 e. The second-order valence-electron chi connectivity index (χ2n) is 4.35. The highest BCUT2D eigenvalue weighted by Gasteiger charge is 2.04. The summed E-state index contributed by atoms with van der Waals surface area (Å²) in [7, 11) is 0. The molecule has 0 aliphatic heterocycles. The second-order valence-corrected chi connectivity index (χ2v) is 4.35. The molecule has 2 heterocycles. The summed E-state index contributed by atoms with van der Waals surface area (Å²) in [4.78, 5) is 14.4. The molecule has 2 N–H and O–H groups in total. The van der Waals surface area contributed by atoms with E-state index in [2.05, 4.69) is 10.1 Å². The Kier molecular flexibility index (Phi) is 2.89. The Morgan fingerprint density at radius 1 is 1.32 bits per heavy atom. The zero-order valence-electron chi connectivity index (χ0n) is 10.2. The summed E-state index contributed by atoms with van der Waals surface area (Å²) in [5.74, 6) is 0. The molecule has 96 valence electrons. The van der Waals surface area contributed by atoms with Gasteiger partial charge in [0, 0.05) is 24.4 Å². The SMILES string of the molecule is O=c1[nH]ccc2ccc(-n3cc(CCO)cn3)cc12. The normalized spacial score (nSPS) is 11.0.